The Kier molecular flexibility index (Phi) is 4.18. The molecule has 2 nitrogen and oxygen atoms in total. The summed E-state index contributed by atoms with van der Waals surface area (Å²) in [6.07, 6.45) is 0.931. The number of fused-ring (bicyclic) bond motifs is 1. The summed E-state index contributed by atoms with van der Waals surface area (Å²) in [7, 11) is 0. The number of aryl methyl sites for hydroxylation is 3. The van der Waals surface area contributed by atoms with Crippen molar-refractivity contribution in [1.29, 1.82) is 0 Å². The van der Waals surface area contributed by atoms with Gasteiger partial charge in [0.1, 0.15) is 5.82 Å². The minimum atomic E-state index is 0.425. The zero-order valence-corrected chi connectivity index (χ0v) is 13.3. The third-order valence-electron chi connectivity index (χ3n) is 3.70. The monoisotopic (exact) mass is 318 g/mol. The second kappa shape index (κ2) is 6.08. The van der Waals surface area contributed by atoms with Crippen molar-refractivity contribution in [2.24, 2.45) is 0 Å². The molecule has 0 unspecified atom stereocenters. The number of nitrogens with zero attached hydrogens (tertiary/aromatic N) is 2. The first-order valence-electron chi connectivity index (χ1n) is 6.94. The molecule has 0 amide bonds. The van der Waals surface area contributed by atoms with Gasteiger partial charge in [-0.2, -0.15) is 0 Å². The molecular formula is C17H16Cl2N2. The predicted octanol–water partition coefficient (Wildman–Crippen LogP) is 4.98. The maximum Gasteiger partial charge on any atom is 0.124 e. The lowest BCUT2D eigenvalue weighted by Crippen LogP contribution is -2.05. The third kappa shape index (κ3) is 2.92. The van der Waals surface area contributed by atoms with Crippen LogP contribution < -0.4 is 0 Å². The molecule has 2 aromatic carbocycles. The molecule has 0 atom stereocenters. The van der Waals surface area contributed by atoms with Crippen molar-refractivity contribution in [3.8, 4) is 0 Å². The number of halogens is 2. The van der Waals surface area contributed by atoms with Gasteiger partial charge in [-0.05, 0) is 42.7 Å². The quantitative estimate of drug-likeness (QED) is 0.620. The van der Waals surface area contributed by atoms with Crippen molar-refractivity contribution in [2.75, 3.05) is 0 Å². The van der Waals surface area contributed by atoms with Gasteiger partial charge in [0.25, 0.3) is 0 Å². The van der Waals surface area contributed by atoms with Crippen LogP contribution in [0.3, 0.4) is 0 Å². The lowest BCUT2D eigenvalue weighted by Gasteiger charge is -2.09. The van der Waals surface area contributed by atoms with Crippen molar-refractivity contribution in [3.05, 3.63) is 64.4 Å². The zero-order chi connectivity index (χ0) is 14.8. The SMILES string of the molecule is Cc1cccc2nc(CCl)n(CCc3ccc(Cl)cc3)c12. The van der Waals surface area contributed by atoms with Gasteiger partial charge in [0.05, 0.1) is 16.9 Å². The highest BCUT2D eigenvalue weighted by atomic mass is 35.5. The van der Waals surface area contributed by atoms with E-state index in [1.54, 1.807) is 0 Å². The van der Waals surface area contributed by atoms with Crippen LogP contribution in [0.5, 0.6) is 0 Å². The maximum atomic E-state index is 6.06. The number of hydrogen-bond acceptors (Lipinski definition) is 1. The molecular weight excluding hydrogens is 303 g/mol. The van der Waals surface area contributed by atoms with E-state index in [4.69, 9.17) is 23.2 Å². The van der Waals surface area contributed by atoms with Gasteiger partial charge < -0.3 is 4.57 Å². The zero-order valence-electron chi connectivity index (χ0n) is 11.8. The molecule has 0 fully saturated rings. The predicted molar refractivity (Wildman–Crippen MR) is 89.2 cm³/mol. The number of benzene rings is 2. The van der Waals surface area contributed by atoms with Crippen LogP contribution in [0.2, 0.25) is 5.02 Å². The number of aromatic nitrogens is 2. The van der Waals surface area contributed by atoms with E-state index >= 15 is 0 Å². The average Bonchev–Trinajstić information content (AvgIpc) is 2.86. The topological polar surface area (TPSA) is 17.8 Å². The van der Waals surface area contributed by atoms with Crippen molar-refractivity contribution >= 4 is 34.2 Å². The van der Waals surface area contributed by atoms with E-state index in [9.17, 15) is 0 Å². The van der Waals surface area contributed by atoms with E-state index in [2.05, 4.69) is 34.7 Å². The first-order chi connectivity index (χ1) is 10.2. The van der Waals surface area contributed by atoms with E-state index < -0.39 is 0 Å². The van der Waals surface area contributed by atoms with Gasteiger partial charge in [0.2, 0.25) is 0 Å². The maximum absolute atomic E-state index is 6.06. The van der Waals surface area contributed by atoms with Crippen LogP contribution in [0.15, 0.2) is 42.5 Å². The Morgan fingerprint density at radius 1 is 1.10 bits per heavy atom. The fourth-order valence-electron chi connectivity index (χ4n) is 2.65. The highest BCUT2D eigenvalue weighted by molar-refractivity contribution is 6.30. The van der Waals surface area contributed by atoms with E-state index in [0.29, 0.717) is 5.88 Å². The first kappa shape index (κ1) is 14.4. The standard InChI is InChI=1S/C17H16Cl2N2/c1-12-3-2-4-15-17(12)21(16(11-18)20-15)10-9-13-5-7-14(19)8-6-13/h2-8H,9-11H2,1H3. The van der Waals surface area contributed by atoms with Gasteiger partial charge in [-0.1, -0.05) is 35.9 Å². The molecule has 0 radical (unpaired) electrons. The van der Waals surface area contributed by atoms with Gasteiger partial charge in [-0.3, -0.25) is 0 Å². The second-order valence-corrected chi connectivity index (χ2v) is 5.84. The highest BCUT2D eigenvalue weighted by Crippen LogP contribution is 2.22. The normalized spacial score (nSPS) is 11.2. The summed E-state index contributed by atoms with van der Waals surface area (Å²) >= 11 is 12.0. The van der Waals surface area contributed by atoms with E-state index in [0.717, 1.165) is 29.3 Å². The van der Waals surface area contributed by atoms with Crippen LogP contribution in [0.4, 0.5) is 0 Å². The molecule has 0 aliphatic rings. The molecule has 1 heterocycles. The lowest BCUT2D eigenvalue weighted by molar-refractivity contribution is 0.687. The van der Waals surface area contributed by atoms with Crippen LogP contribution in [-0.2, 0) is 18.8 Å². The number of rotatable bonds is 4. The highest BCUT2D eigenvalue weighted by Gasteiger charge is 2.11. The molecule has 108 valence electrons. The summed E-state index contributed by atoms with van der Waals surface area (Å²) in [4.78, 5) is 4.63. The van der Waals surface area contributed by atoms with E-state index in [-0.39, 0.29) is 0 Å². The second-order valence-electron chi connectivity index (χ2n) is 5.13. The average molecular weight is 319 g/mol. The molecule has 3 aromatic rings. The van der Waals surface area contributed by atoms with Crippen molar-refractivity contribution in [3.63, 3.8) is 0 Å². The summed E-state index contributed by atoms with van der Waals surface area (Å²) < 4.78 is 2.23. The summed E-state index contributed by atoms with van der Waals surface area (Å²) in [5, 5.41) is 0.768. The smallest absolute Gasteiger partial charge is 0.124 e. The molecule has 0 aliphatic heterocycles. The van der Waals surface area contributed by atoms with Gasteiger partial charge in [0, 0.05) is 11.6 Å². The largest absolute Gasteiger partial charge is 0.326 e. The van der Waals surface area contributed by atoms with E-state index in [1.807, 2.05) is 24.3 Å². The van der Waals surface area contributed by atoms with Gasteiger partial charge >= 0.3 is 0 Å². The van der Waals surface area contributed by atoms with Crippen LogP contribution >= 0.6 is 23.2 Å². The molecule has 0 N–H and O–H groups in total. The fourth-order valence-corrected chi connectivity index (χ4v) is 2.98. The Morgan fingerprint density at radius 3 is 2.57 bits per heavy atom. The van der Waals surface area contributed by atoms with Gasteiger partial charge in [-0.25, -0.2) is 4.98 Å². The molecule has 4 heteroatoms. The van der Waals surface area contributed by atoms with Crippen LogP contribution in [0.1, 0.15) is 17.0 Å². The van der Waals surface area contributed by atoms with Crippen molar-refractivity contribution in [2.45, 2.75) is 25.8 Å². The molecule has 1 aromatic heterocycles. The Balaban J connectivity index is 1.94. The summed E-state index contributed by atoms with van der Waals surface area (Å²) in [6, 6.07) is 14.2. The molecule has 21 heavy (non-hydrogen) atoms. The summed E-state index contributed by atoms with van der Waals surface area (Å²) in [5.41, 5.74) is 4.69. The molecule has 0 aliphatic carbocycles. The third-order valence-corrected chi connectivity index (χ3v) is 4.20. The minimum Gasteiger partial charge on any atom is -0.326 e. The number of alkyl halides is 1. The first-order valence-corrected chi connectivity index (χ1v) is 7.85. The summed E-state index contributed by atoms with van der Waals surface area (Å²) in [5.74, 6) is 1.35. The Labute approximate surface area is 134 Å². The number of hydrogen-bond donors (Lipinski definition) is 0. The van der Waals surface area contributed by atoms with Crippen molar-refractivity contribution in [1.82, 2.24) is 9.55 Å². The van der Waals surface area contributed by atoms with Gasteiger partial charge in [0.15, 0.2) is 0 Å². The van der Waals surface area contributed by atoms with E-state index in [1.165, 1.54) is 16.6 Å². The number of imidazole rings is 1. The molecule has 3 rings (SSSR count). The molecule has 0 bridgehead atoms. The minimum absolute atomic E-state index is 0.425. The Bertz CT molecular complexity index is 760. The molecule has 0 saturated carbocycles. The molecule has 0 spiro atoms. The summed E-state index contributed by atoms with van der Waals surface area (Å²) in [6.45, 7) is 2.98. The molecule has 0 saturated heterocycles. The van der Waals surface area contributed by atoms with Crippen LogP contribution in [0, 0.1) is 6.92 Å². The Morgan fingerprint density at radius 2 is 1.86 bits per heavy atom. The van der Waals surface area contributed by atoms with Gasteiger partial charge in [-0.15, -0.1) is 11.6 Å². The van der Waals surface area contributed by atoms with Crippen LogP contribution in [-0.4, -0.2) is 9.55 Å². The Hall–Kier alpha value is -1.51. The van der Waals surface area contributed by atoms with Crippen LogP contribution in [0.25, 0.3) is 11.0 Å². The lowest BCUT2D eigenvalue weighted by atomic mass is 10.1. The number of para-hydroxylation sites is 1. The van der Waals surface area contributed by atoms with Crippen molar-refractivity contribution < 1.29 is 0 Å². The fraction of sp³-hybridized carbons (Fsp3) is 0.235.